The van der Waals surface area contributed by atoms with Gasteiger partial charge in [-0.3, -0.25) is 0 Å². The van der Waals surface area contributed by atoms with Crippen LogP contribution in [0.25, 0.3) is 0 Å². The van der Waals surface area contributed by atoms with E-state index >= 15 is 0 Å². The molecule has 0 radical (unpaired) electrons. The van der Waals surface area contributed by atoms with Crippen LogP contribution >= 0.6 is 0 Å². The Bertz CT molecular complexity index is 621. The lowest BCUT2D eigenvalue weighted by atomic mass is 10.1. The maximum Gasteiger partial charge on any atom is 0.0370 e. The molecule has 2 heteroatoms. The molecule has 2 aromatic rings. The summed E-state index contributed by atoms with van der Waals surface area (Å²) in [4.78, 5) is 2.66. The van der Waals surface area contributed by atoms with Crippen molar-refractivity contribution in [1.29, 1.82) is 0 Å². The van der Waals surface area contributed by atoms with Crippen LogP contribution in [0.3, 0.4) is 0 Å². The van der Waals surface area contributed by atoms with Crippen LogP contribution in [0.1, 0.15) is 36.8 Å². The van der Waals surface area contributed by atoms with Gasteiger partial charge in [-0.2, -0.15) is 0 Å². The molecule has 1 saturated heterocycles. The van der Waals surface area contributed by atoms with Crippen molar-refractivity contribution in [3.63, 3.8) is 0 Å². The first-order chi connectivity index (χ1) is 11.9. The Balaban J connectivity index is 1.45. The Morgan fingerprint density at radius 2 is 1.62 bits per heavy atom. The number of fused-ring (bicyclic) bond motifs is 1. The second kappa shape index (κ2) is 7.40. The minimum Gasteiger partial charge on any atom is -0.368 e. The molecule has 1 aliphatic carbocycles. The molecule has 1 aliphatic heterocycles. The minimum atomic E-state index is 0.612. The van der Waals surface area contributed by atoms with Crippen LogP contribution in [-0.4, -0.2) is 25.2 Å². The Kier molecular flexibility index (Phi) is 4.84. The molecule has 1 fully saturated rings. The van der Waals surface area contributed by atoms with E-state index in [0.717, 1.165) is 6.04 Å². The number of benzene rings is 2. The highest BCUT2D eigenvalue weighted by Gasteiger charge is 2.26. The maximum absolute atomic E-state index is 3.64. The van der Waals surface area contributed by atoms with Crippen LogP contribution in [0, 0.1) is 0 Å². The highest BCUT2D eigenvalue weighted by Crippen LogP contribution is 2.29. The standard InChI is InChI=1S/C22H28N2/c1-2-12-21(13-3-1)24(15-7-11-20-10-6-14-23-20)22-16-18-8-4-5-9-19(18)17-22/h1-5,8-9,12-13,20,22-23H,6-7,10-11,14-17H2. The van der Waals surface area contributed by atoms with E-state index in [2.05, 4.69) is 64.8 Å². The second-order valence-corrected chi connectivity index (χ2v) is 7.30. The van der Waals surface area contributed by atoms with Crippen LogP contribution in [0.15, 0.2) is 54.6 Å². The molecule has 1 N–H and O–H groups in total. The molecule has 2 nitrogen and oxygen atoms in total. The Hall–Kier alpha value is -1.80. The molecule has 126 valence electrons. The predicted molar refractivity (Wildman–Crippen MR) is 102 cm³/mol. The number of anilines is 1. The Labute approximate surface area is 145 Å². The highest BCUT2D eigenvalue weighted by atomic mass is 15.2. The van der Waals surface area contributed by atoms with Crippen molar-refractivity contribution in [2.24, 2.45) is 0 Å². The van der Waals surface area contributed by atoms with Crippen molar-refractivity contribution < 1.29 is 0 Å². The first kappa shape index (κ1) is 15.7. The first-order valence-corrected chi connectivity index (χ1v) is 9.52. The maximum atomic E-state index is 3.64. The minimum absolute atomic E-state index is 0.612. The van der Waals surface area contributed by atoms with Gasteiger partial charge in [0, 0.05) is 24.3 Å². The summed E-state index contributed by atoms with van der Waals surface area (Å²) in [6.07, 6.45) is 7.67. The van der Waals surface area contributed by atoms with Gasteiger partial charge in [-0.15, -0.1) is 0 Å². The molecular formula is C22H28N2. The molecule has 1 atom stereocenters. The zero-order valence-corrected chi connectivity index (χ0v) is 14.5. The highest BCUT2D eigenvalue weighted by molar-refractivity contribution is 5.49. The van der Waals surface area contributed by atoms with E-state index in [9.17, 15) is 0 Å². The SMILES string of the molecule is c1ccc(N(CCCC2CCCN2)C2Cc3ccccc3C2)cc1. The number of para-hydroxylation sites is 1. The average molecular weight is 320 g/mol. The first-order valence-electron chi connectivity index (χ1n) is 9.52. The number of hydrogen-bond acceptors (Lipinski definition) is 2. The lowest BCUT2D eigenvalue weighted by Crippen LogP contribution is -2.37. The smallest absolute Gasteiger partial charge is 0.0370 e. The van der Waals surface area contributed by atoms with Crippen molar-refractivity contribution in [2.45, 2.75) is 50.6 Å². The van der Waals surface area contributed by atoms with E-state index in [0.29, 0.717) is 6.04 Å². The van der Waals surface area contributed by atoms with E-state index in [1.165, 1.54) is 57.3 Å². The van der Waals surface area contributed by atoms with Gasteiger partial charge in [-0.05, 0) is 68.3 Å². The van der Waals surface area contributed by atoms with Gasteiger partial charge < -0.3 is 10.2 Å². The third-order valence-corrected chi connectivity index (χ3v) is 5.67. The van der Waals surface area contributed by atoms with E-state index in [1.54, 1.807) is 11.1 Å². The molecule has 0 aromatic heterocycles. The fraction of sp³-hybridized carbons (Fsp3) is 0.455. The van der Waals surface area contributed by atoms with E-state index < -0.39 is 0 Å². The van der Waals surface area contributed by atoms with Gasteiger partial charge >= 0.3 is 0 Å². The molecule has 0 bridgehead atoms. The van der Waals surface area contributed by atoms with Crippen LogP contribution in [0.2, 0.25) is 0 Å². The molecule has 0 spiro atoms. The monoisotopic (exact) mass is 320 g/mol. The number of rotatable bonds is 6. The number of hydrogen-bond donors (Lipinski definition) is 1. The normalized spacial score (nSPS) is 20.2. The van der Waals surface area contributed by atoms with Crippen LogP contribution in [-0.2, 0) is 12.8 Å². The number of nitrogens with one attached hydrogen (secondary N) is 1. The van der Waals surface area contributed by atoms with Crippen molar-refractivity contribution >= 4 is 5.69 Å². The lowest BCUT2D eigenvalue weighted by molar-refractivity contribution is 0.514. The van der Waals surface area contributed by atoms with Gasteiger partial charge in [-0.25, -0.2) is 0 Å². The summed E-state index contributed by atoms with van der Waals surface area (Å²) in [5.41, 5.74) is 4.47. The van der Waals surface area contributed by atoms with E-state index in [4.69, 9.17) is 0 Å². The summed E-state index contributed by atoms with van der Waals surface area (Å²) in [5, 5.41) is 3.64. The topological polar surface area (TPSA) is 15.3 Å². The fourth-order valence-electron chi connectivity index (χ4n) is 4.41. The third kappa shape index (κ3) is 3.49. The zero-order valence-electron chi connectivity index (χ0n) is 14.5. The molecule has 2 aromatic carbocycles. The molecule has 0 saturated carbocycles. The van der Waals surface area contributed by atoms with E-state index in [1.807, 2.05) is 0 Å². The summed E-state index contributed by atoms with van der Waals surface area (Å²) in [6, 6.07) is 21.3. The van der Waals surface area contributed by atoms with Gasteiger partial charge in [0.05, 0.1) is 0 Å². The van der Waals surface area contributed by atoms with Crippen LogP contribution < -0.4 is 10.2 Å². The van der Waals surface area contributed by atoms with Crippen molar-refractivity contribution in [1.82, 2.24) is 5.32 Å². The third-order valence-electron chi connectivity index (χ3n) is 5.67. The molecular weight excluding hydrogens is 292 g/mol. The van der Waals surface area contributed by atoms with Gasteiger partial charge in [0.25, 0.3) is 0 Å². The van der Waals surface area contributed by atoms with Crippen molar-refractivity contribution in [3.05, 3.63) is 65.7 Å². The molecule has 0 amide bonds. The van der Waals surface area contributed by atoms with Gasteiger partial charge in [-0.1, -0.05) is 42.5 Å². The van der Waals surface area contributed by atoms with Crippen molar-refractivity contribution in [2.75, 3.05) is 18.0 Å². The Morgan fingerprint density at radius 3 is 2.29 bits per heavy atom. The van der Waals surface area contributed by atoms with Gasteiger partial charge in [0.15, 0.2) is 0 Å². The van der Waals surface area contributed by atoms with Gasteiger partial charge in [0.2, 0.25) is 0 Å². The van der Waals surface area contributed by atoms with E-state index in [-0.39, 0.29) is 0 Å². The van der Waals surface area contributed by atoms with Crippen LogP contribution in [0.5, 0.6) is 0 Å². The average Bonchev–Trinajstić information content (AvgIpc) is 3.28. The predicted octanol–water partition coefficient (Wildman–Crippen LogP) is 4.19. The lowest BCUT2D eigenvalue weighted by Gasteiger charge is -2.31. The summed E-state index contributed by atoms with van der Waals surface area (Å²) in [6.45, 7) is 2.38. The molecule has 4 rings (SSSR count). The molecule has 1 unspecified atom stereocenters. The summed E-state index contributed by atoms with van der Waals surface area (Å²) < 4.78 is 0. The summed E-state index contributed by atoms with van der Waals surface area (Å²) in [5.74, 6) is 0. The summed E-state index contributed by atoms with van der Waals surface area (Å²) >= 11 is 0. The zero-order chi connectivity index (χ0) is 16.2. The molecule has 2 aliphatic rings. The molecule has 24 heavy (non-hydrogen) atoms. The van der Waals surface area contributed by atoms with Gasteiger partial charge in [0.1, 0.15) is 0 Å². The van der Waals surface area contributed by atoms with Crippen molar-refractivity contribution in [3.8, 4) is 0 Å². The summed E-state index contributed by atoms with van der Waals surface area (Å²) in [7, 11) is 0. The Morgan fingerprint density at radius 1 is 0.917 bits per heavy atom. The fourth-order valence-corrected chi connectivity index (χ4v) is 4.41. The largest absolute Gasteiger partial charge is 0.368 e. The van der Waals surface area contributed by atoms with Crippen LogP contribution in [0.4, 0.5) is 5.69 Å². The number of nitrogens with zero attached hydrogens (tertiary/aromatic N) is 1. The quantitative estimate of drug-likeness (QED) is 0.858. The second-order valence-electron chi connectivity index (χ2n) is 7.30. The molecule has 1 heterocycles.